The van der Waals surface area contributed by atoms with Crippen LogP contribution in [0.15, 0.2) is 6.20 Å². The first-order chi connectivity index (χ1) is 8.98. The predicted molar refractivity (Wildman–Crippen MR) is 73.9 cm³/mol. The Balaban J connectivity index is 1.99. The van der Waals surface area contributed by atoms with E-state index in [1.54, 1.807) is 0 Å². The monoisotopic (exact) mass is 285 g/mol. The summed E-state index contributed by atoms with van der Waals surface area (Å²) in [7, 11) is -2.89. The first-order valence-electron chi connectivity index (χ1n) is 6.41. The van der Waals surface area contributed by atoms with Gasteiger partial charge in [-0.1, -0.05) is 6.92 Å². The van der Waals surface area contributed by atoms with Crippen molar-refractivity contribution in [1.82, 2.24) is 15.2 Å². The Morgan fingerprint density at radius 1 is 1.53 bits per heavy atom. The topological polar surface area (TPSA) is 96.9 Å². The van der Waals surface area contributed by atoms with E-state index < -0.39 is 9.84 Å². The van der Waals surface area contributed by atoms with E-state index in [4.69, 9.17) is 0 Å². The number of nitrogens with one attached hydrogen (secondary N) is 2. The van der Waals surface area contributed by atoms with Crippen LogP contribution in [0.3, 0.4) is 0 Å². The quantitative estimate of drug-likeness (QED) is 0.821. The first kappa shape index (κ1) is 14.0. The number of anilines is 2. The zero-order valence-corrected chi connectivity index (χ0v) is 11.9. The fourth-order valence-corrected chi connectivity index (χ4v) is 3.55. The van der Waals surface area contributed by atoms with E-state index in [1.165, 1.54) is 6.20 Å². The first-order valence-corrected chi connectivity index (χ1v) is 8.24. The smallest absolute Gasteiger partial charge is 0.244 e. The van der Waals surface area contributed by atoms with Crippen LogP contribution in [0.25, 0.3) is 0 Å². The van der Waals surface area contributed by atoms with Gasteiger partial charge < -0.3 is 10.6 Å². The van der Waals surface area contributed by atoms with Crippen LogP contribution >= 0.6 is 0 Å². The van der Waals surface area contributed by atoms with E-state index in [1.807, 2.05) is 6.92 Å². The van der Waals surface area contributed by atoms with Crippen LogP contribution in [-0.4, -0.2) is 47.2 Å². The lowest BCUT2D eigenvalue weighted by Gasteiger charge is -2.13. The molecule has 1 aromatic heterocycles. The molecule has 1 aliphatic heterocycles. The van der Waals surface area contributed by atoms with Gasteiger partial charge in [0.1, 0.15) is 0 Å². The van der Waals surface area contributed by atoms with Crippen LogP contribution in [0.5, 0.6) is 0 Å². The molecule has 1 aliphatic rings. The highest BCUT2D eigenvalue weighted by Gasteiger charge is 2.28. The molecule has 0 aliphatic carbocycles. The summed E-state index contributed by atoms with van der Waals surface area (Å²) in [6.07, 6.45) is 3.08. The van der Waals surface area contributed by atoms with Crippen molar-refractivity contribution in [2.45, 2.75) is 38.8 Å². The molecule has 0 amide bonds. The van der Waals surface area contributed by atoms with Gasteiger partial charge in [-0.25, -0.2) is 8.42 Å². The molecular weight excluding hydrogens is 266 g/mol. The molecule has 0 bridgehead atoms. The molecule has 1 fully saturated rings. The third kappa shape index (κ3) is 4.02. The molecule has 2 N–H and O–H groups in total. The summed E-state index contributed by atoms with van der Waals surface area (Å²) < 4.78 is 22.8. The Kier molecular flexibility index (Phi) is 4.18. The minimum absolute atomic E-state index is 0.0850. The molecule has 1 aromatic rings. The number of sulfone groups is 1. The van der Waals surface area contributed by atoms with Gasteiger partial charge in [0, 0.05) is 12.1 Å². The van der Waals surface area contributed by atoms with Crippen LogP contribution in [0.2, 0.25) is 0 Å². The Bertz CT molecular complexity index is 534. The molecule has 0 radical (unpaired) electrons. The van der Waals surface area contributed by atoms with E-state index in [-0.39, 0.29) is 23.6 Å². The van der Waals surface area contributed by atoms with E-state index in [9.17, 15) is 8.42 Å². The van der Waals surface area contributed by atoms with E-state index in [0.29, 0.717) is 18.2 Å². The number of rotatable bonds is 5. The van der Waals surface area contributed by atoms with Gasteiger partial charge in [-0.05, 0) is 19.8 Å². The van der Waals surface area contributed by atoms with Crippen LogP contribution in [0.4, 0.5) is 11.8 Å². The minimum atomic E-state index is -2.89. The lowest BCUT2D eigenvalue weighted by molar-refractivity contribution is 0.602. The Morgan fingerprint density at radius 3 is 2.95 bits per heavy atom. The highest BCUT2D eigenvalue weighted by molar-refractivity contribution is 7.91. The van der Waals surface area contributed by atoms with E-state index in [0.717, 1.165) is 6.42 Å². The Hall–Kier alpha value is -1.44. The average Bonchev–Trinajstić information content (AvgIpc) is 2.69. The van der Waals surface area contributed by atoms with Crippen LogP contribution in [-0.2, 0) is 9.84 Å². The Labute approximate surface area is 113 Å². The van der Waals surface area contributed by atoms with Crippen molar-refractivity contribution in [3.8, 4) is 0 Å². The summed E-state index contributed by atoms with van der Waals surface area (Å²) in [4.78, 5) is 4.28. The summed E-state index contributed by atoms with van der Waals surface area (Å²) in [5.41, 5.74) is 0. The SMILES string of the molecule is CCC(C)Nc1nncc(NC2CCS(=O)(=O)C2)n1. The third-order valence-electron chi connectivity index (χ3n) is 3.13. The van der Waals surface area contributed by atoms with Crippen LogP contribution in [0, 0.1) is 0 Å². The van der Waals surface area contributed by atoms with Crippen molar-refractivity contribution in [2.75, 3.05) is 22.1 Å². The fraction of sp³-hybridized carbons (Fsp3) is 0.727. The summed E-state index contributed by atoms with van der Waals surface area (Å²) in [5, 5.41) is 14.0. The largest absolute Gasteiger partial charge is 0.365 e. The van der Waals surface area contributed by atoms with Crippen molar-refractivity contribution in [1.29, 1.82) is 0 Å². The molecule has 2 rings (SSSR count). The van der Waals surface area contributed by atoms with Crippen LogP contribution < -0.4 is 10.6 Å². The molecule has 8 heteroatoms. The van der Waals surface area contributed by atoms with Gasteiger partial charge in [0.05, 0.1) is 17.7 Å². The second-order valence-electron chi connectivity index (χ2n) is 4.86. The van der Waals surface area contributed by atoms with Crippen LogP contribution in [0.1, 0.15) is 26.7 Å². The zero-order valence-electron chi connectivity index (χ0n) is 11.1. The lowest BCUT2D eigenvalue weighted by Crippen LogP contribution is -2.22. The summed E-state index contributed by atoms with van der Waals surface area (Å²) >= 11 is 0. The fourth-order valence-electron chi connectivity index (χ4n) is 1.87. The summed E-state index contributed by atoms with van der Waals surface area (Å²) in [5.74, 6) is 1.41. The lowest BCUT2D eigenvalue weighted by atomic mass is 10.3. The number of hydrogen-bond acceptors (Lipinski definition) is 7. The second-order valence-corrected chi connectivity index (χ2v) is 7.09. The second kappa shape index (κ2) is 5.68. The molecule has 2 unspecified atom stereocenters. The van der Waals surface area contributed by atoms with Gasteiger partial charge in [0.15, 0.2) is 15.7 Å². The van der Waals surface area contributed by atoms with Crippen molar-refractivity contribution >= 4 is 21.6 Å². The molecule has 106 valence electrons. The van der Waals surface area contributed by atoms with Gasteiger partial charge in [-0.2, -0.15) is 10.1 Å². The van der Waals surface area contributed by atoms with Crippen molar-refractivity contribution in [2.24, 2.45) is 0 Å². The van der Waals surface area contributed by atoms with Gasteiger partial charge in [0.25, 0.3) is 0 Å². The number of aromatic nitrogens is 3. The molecule has 2 heterocycles. The number of hydrogen-bond donors (Lipinski definition) is 2. The minimum Gasteiger partial charge on any atom is -0.365 e. The van der Waals surface area contributed by atoms with Gasteiger partial charge in [-0.15, -0.1) is 5.10 Å². The predicted octanol–water partition coefficient (Wildman–Crippen LogP) is 0.681. The third-order valence-corrected chi connectivity index (χ3v) is 4.90. The van der Waals surface area contributed by atoms with Crippen molar-refractivity contribution < 1.29 is 8.42 Å². The van der Waals surface area contributed by atoms with Gasteiger partial charge >= 0.3 is 0 Å². The molecule has 0 spiro atoms. The Morgan fingerprint density at radius 2 is 2.32 bits per heavy atom. The van der Waals surface area contributed by atoms with Gasteiger partial charge in [0.2, 0.25) is 5.95 Å². The maximum Gasteiger partial charge on any atom is 0.244 e. The highest BCUT2D eigenvalue weighted by Crippen LogP contribution is 2.16. The maximum atomic E-state index is 11.4. The molecule has 0 aromatic carbocycles. The average molecular weight is 285 g/mol. The van der Waals surface area contributed by atoms with Gasteiger partial charge in [-0.3, -0.25) is 0 Å². The molecule has 7 nitrogen and oxygen atoms in total. The van der Waals surface area contributed by atoms with E-state index in [2.05, 4.69) is 32.7 Å². The highest BCUT2D eigenvalue weighted by atomic mass is 32.2. The summed E-state index contributed by atoms with van der Waals surface area (Å²) in [6, 6.07) is 0.182. The van der Waals surface area contributed by atoms with E-state index >= 15 is 0 Å². The molecular formula is C11H19N5O2S. The number of nitrogens with zero attached hydrogens (tertiary/aromatic N) is 3. The standard InChI is InChI=1S/C11H19N5O2S/c1-3-8(2)13-11-15-10(6-12-16-11)14-9-4-5-19(17,18)7-9/h6,8-9H,3-5,7H2,1-2H3,(H2,13,14,15,16). The van der Waals surface area contributed by atoms with Crippen molar-refractivity contribution in [3.05, 3.63) is 6.20 Å². The molecule has 2 atom stereocenters. The molecule has 19 heavy (non-hydrogen) atoms. The molecule has 1 saturated heterocycles. The molecule has 0 saturated carbocycles. The zero-order chi connectivity index (χ0) is 13.9. The normalized spacial score (nSPS) is 22.9. The maximum absolute atomic E-state index is 11.4. The summed E-state index contributed by atoms with van der Waals surface area (Å²) in [6.45, 7) is 4.10. The van der Waals surface area contributed by atoms with Crippen molar-refractivity contribution in [3.63, 3.8) is 0 Å².